The van der Waals surface area contributed by atoms with E-state index in [0.29, 0.717) is 5.56 Å². The first kappa shape index (κ1) is 7.48. The molecule has 0 saturated carbocycles. The van der Waals surface area contributed by atoms with Gasteiger partial charge in [0.1, 0.15) is 11.8 Å². The molecule has 1 heterocycles. The lowest BCUT2D eigenvalue weighted by Crippen LogP contribution is -1.87. The van der Waals surface area contributed by atoms with E-state index in [9.17, 15) is 4.53 Å². The average molecular weight is 152 g/mol. The molecule has 0 unspecified atom stereocenters. The van der Waals surface area contributed by atoms with Gasteiger partial charge in [-0.1, -0.05) is 0 Å². The molecule has 0 aromatic carbocycles. The Morgan fingerprint density at radius 2 is 2.45 bits per heavy atom. The van der Waals surface area contributed by atoms with Crippen molar-refractivity contribution in [2.75, 3.05) is 0 Å². The van der Waals surface area contributed by atoms with Crippen LogP contribution in [0.5, 0.6) is 5.75 Å². The monoisotopic (exact) mass is 152 g/mol. The van der Waals surface area contributed by atoms with Gasteiger partial charge in [0, 0.05) is 10.1 Å². The van der Waals surface area contributed by atoms with Gasteiger partial charge in [-0.3, -0.25) is 4.94 Å². The fraction of sp³-hybridized carbons (Fsp3) is 0.143. The number of hydrogen-bond acceptors (Lipinski definition) is 3. The Kier molecular flexibility index (Phi) is 2.02. The summed E-state index contributed by atoms with van der Waals surface area (Å²) < 4.78 is 11.6. The molecule has 0 atom stereocenters. The summed E-state index contributed by atoms with van der Waals surface area (Å²) in [6.45, 7) is 1.64. The topological polar surface area (TPSA) is 45.9 Å². The number of aromatic nitrogens is 1. The third-order valence-corrected chi connectivity index (χ3v) is 1.26. The highest BCUT2D eigenvalue weighted by molar-refractivity contribution is 5.34. The molecule has 1 rings (SSSR count). The van der Waals surface area contributed by atoms with Gasteiger partial charge in [-0.15, -0.1) is 0 Å². The molecular weight excluding hydrogens is 147 g/mol. The Bertz CT molecular complexity index is 306. The summed E-state index contributed by atoms with van der Waals surface area (Å²) in [5.74, 6) is 0.0454. The highest BCUT2D eigenvalue weighted by Gasteiger charge is 2.01. The van der Waals surface area contributed by atoms with Crippen molar-refractivity contribution in [2.45, 2.75) is 6.92 Å². The van der Waals surface area contributed by atoms with Crippen LogP contribution in [0.3, 0.4) is 0 Å². The third-order valence-electron chi connectivity index (χ3n) is 1.26. The van der Waals surface area contributed by atoms with Gasteiger partial charge in [-0.2, -0.15) is 5.26 Å². The van der Waals surface area contributed by atoms with E-state index in [1.165, 1.54) is 12.3 Å². The summed E-state index contributed by atoms with van der Waals surface area (Å²) in [6, 6.07) is 3.28. The fourth-order valence-electron chi connectivity index (χ4n) is 0.685. The van der Waals surface area contributed by atoms with Crippen molar-refractivity contribution in [2.24, 2.45) is 0 Å². The van der Waals surface area contributed by atoms with Gasteiger partial charge in [0.15, 0.2) is 5.75 Å². The first-order chi connectivity index (χ1) is 5.27. The van der Waals surface area contributed by atoms with Crippen molar-refractivity contribution in [3.8, 4) is 11.8 Å². The van der Waals surface area contributed by atoms with Crippen LogP contribution in [0.15, 0.2) is 12.3 Å². The van der Waals surface area contributed by atoms with Gasteiger partial charge in [0.25, 0.3) is 0 Å². The summed E-state index contributed by atoms with van der Waals surface area (Å²) in [7, 11) is 0. The van der Waals surface area contributed by atoms with E-state index >= 15 is 0 Å². The lowest BCUT2D eigenvalue weighted by Gasteiger charge is -1.97. The molecule has 11 heavy (non-hydrogen) atoms. The molecule has 0 fully saturated rings. The fourth-order valence-corrected chi connectivity index (χ4v) is 0.685. The van der Waals surface area contributed by atoms with Gasteiger partial charge >= 0.3 is 0 Å². The standard InChI is InChI=1S/C7H5FN2O/c1-5-2-6(3-9)10-4-7(5)11-8/h2,4H,1H3. The Morgan fingerprint density at radius 3 is 2.91 bits per heavy atom. The van der Waals surface area contributed by atoms with Crippen LogP contribution in [-0.2, 0) is 0 Å². The van der Waals surface area contributed by atoms with Gasteiger partial charge in [0.05, 0.1) is 6.20 Å². The quantitative estimate of drug-likeness (QED) is 0.612. The predicted octanol–water partition coefficient (Wildman–Crippen LogP) is 1.52. The molecule has 0 radical (unpaired) electrons. The summed E-state index contributed by atoms with van der Waals surface area (Å²) in [4.78, 5) is 7.08. The third kappa shape index (κ3) is 1.44. The minimum absolute atomic E-state index is 0.0454. The largest absolute Gasteiger partial charge is 0.292 e. The highest BCUT2D eigenvalue weighted by Crippen LogP contribution is 2.16. The number of pyridine rings is 1. The number of hydrogen-bond donors (Lipinski definition) is 0. The number of rotatable bonds is 1. The van der Waals surface area contributed by atoms with E-state index in [-0.39, 0.29) is 11.4 Å². The van der Waals surface area contributed by atoms with E-state index in [1.807, 2.05) is 6.07 Å². The number of nitriles is 1. The van der Waals surface area contributed by atoms with Gasteiger partial charge < -0.3 is 0 Å². The predicted molar refractivity (Wildman–Crippen MR) is 35.4 cm³/mol. The molecule has 3 nitrogen and oxygen atoms in total. The number of halogens is 1. The Morgan fingerprint density at radius 1 is 1.73 bits per heavy atom. The molecule has 0 N–H and O–H groups in total. The molecule has 4 heteroatoms. The SMILES string of the molecule is Cc1cc(C#N)ncc1OF. The number of nitrogens with zero attached hydrogens (tertiary/aromatic N) is 2. The summed E-state index contributed by atoms with van der Waals surface area (Å²) >= 11 is 0. The molecule has 0 aliphatic rings. The highest BCUT2D eigenvalue weighted by atomic mass is 19.3. The van der Waals surface area contributed by atoms with Crippen LogP contribution in [0.1, 0.15) is 11.3 Å². The molecule has 0 spiro atoms. The maximum absolute atomic E-state index is 11.6. The second-order valence-electron chi connectivity index (χ2n) is 2.02. The molecule has 0 bridgehead atoms. The summed E-state index contributed by atoms with van der Waals surface area (Å²) in [5, 5.41) is 8.38. The molecule has 0 amide bonds. The van der Waals surface area contributed by atoms with Crippen LogP contribution in [0, 0.1) is 18.3 Å². The zero-order valence-corrected chi connectivity index (χ0v) is 5.84. The van der Waals surface area contributed by atoms with Crippen LogP contribution in [0.4, 0.5) is 4.53 Å². The van der Waals surface area contributed by atoms with Gasteiger partial charge in [0.2, 0.25) is 0 Å². The van der Waals surface area contributed by atoms with Crippen LogP contribution in [0.2, 0.25) is 0 Å². The van der Waals surface area contributed by atoms with E-state index in [0.717, 1.165) is 0 Å². The molecule has 0 aliphatic carbocycles. The van der Waals surface area contributed by atoms with Crippen LogP contribution < -0.4 is 4.94 Å². The Labute approximate surface area is 63.0 Å². The second-order valence-corrected chi connectivity index (χ2v) is 2.02. The Balaban J connectivity index is 3.12. The zero-order chi connectivity index (χ0) is 8.27. The van der Waals surface area contributed by atoms with Crippen molar-refractivity contribution < 1.29 is 9.47 Å². The molecule has 0 saturated heterocycles. The maximum Gasteiger partial charge on any atom is 0.193 e. The normalized spacial score (nSPS) is 8.82. The van der Waals surface area contributed by atoms with Crippen molar-refractivity contribution >= 4 is 0 Å². The van der Waals surface area contributed by atoms with E-state index < -0.39 is 0 Å². The first-order valence-corrected chi connectivity index (χ1v) is 2.93. The summed E-state index contributed by atoms with van der Waals surface area (Å²) in [6.07, 6.45) is 1.17. The molecule has 1 aromatic rings. The van der Waals surface area contributed by atoms with Crippen molar-refractivity contribution in [1.82, 2.24) is 4.98 Å². The van der Waals surface area contributed by atoms with Crippen LogP contribution in [0.25, 0.3) is 0 Å². The van der Waals surface area contributed by atoms with Crippen LogP contribution in [-0.4, -0.2) is 4.98 Å². The van der Waals surface area contributed by atoms with Crippen molar-refractivity contribution in [3.05, 3.63) is 23.5 Å². The molecular formula is C7H5FN2O. The number of aryl methyl sites for hydroxylation is 1. The summed E-state index contributed by atoms with van der Waals surface area (Å²) in [5.41, 5.74) is 0.808. The van der Waals surface area contributed by atoms with Crippen molar-refractivity contribution in [3.63, 3.8) is 0 Å². The van der Waals surface area contributed by atoms with E-state index in [2.05, 4.69) is 9.93 Å². The molecule has 1 aromatic heterocycles. The van der Waals surface area contributed by atoms with Gasteiger partial charge in [-0.05, 0) is 13.0 Å². The van der Waals surface area contributed by atoms with E-state index in [4.69, 9.17) is 5.26 Å². The zero-order valence-electron chi connectivity index (χ0n) is 5.84. The lowest BCUT2D eigenvalue weighted by molar-refractivity contribution is -0.00745. The maximum atomic E-state index is 11.6. The minimum atomic E-state index is 0.0454. The van der Waals surface area contributed by atoms with E-state index in [1.54, 1.807) is 6.92 Å². The second kappa shape index (κ2) is 2.97. The smallest absolute Gasteiger partial charge is 0.193 e. The van der Waals surface area contributed by atoms with Crippen LogP contribution >= 0.6 is 0 Å². The van der Waals surface area contributed by atoms with Crippen molar-refractivity contribution in [1.29, 1.82) is 5.26 Å². The molecule has 56 valence electrons. The minimum Gasteiger partial charge on any atom is -0.292 e. The lowest BCUT2D eigenvalue weighted by atomic mass is 10.2. The first-order valence-electron chi connectivity index (χ1n) is 2.93. The molecule has 0 aliphatic heterocycles. The average Bonchev–Trinajstić information content (AvgIpc) is 2.04. The van der Waals surface area contributed by atoms with Gasteiger partial charge in [-0.25, -0.2) is 4.98 Å². The Hall–Kier alpha value is -1.63.